The summed E-state index contributed by atoms with van der Waals surface area (Å²) in [7, 11) is 1.94. The molecule has 3 nitrogen and oxygen atoms in total. The molecule has 0 spiro atoms. The molecule has 92 valence electrons. The van der Waals surface area contributed by atoms with E-state index in [0.29, 0.717) is 6.42 Å². The number of halogens is 3. The topological polar surface area (TPSA) is 29.5 Å². The standard InChI is InChI=1S/C9H12F3NO2S/c1-13-6-2-3-7(13)5-8(4-6)15-16(14)9(10,11)12/h4,6-7H,2-3,5H2,1H3. The lowest BCUT2D eigenvalue weighted by Crippen LogP contribution is -2.35. The van der Waals surface area contributed by atoms with Crippen molar-refractivity contribution in [3.8, 4) is 0 Å². The fourth-order valence-corrected chi connectivity index (χ4v) is 2.62. The smallest absolute Gasteiger partial charge is 0.399 e. The van der Waals surface area contributed by atoms with Crippen LogP contribution in [0.25, 0.3) is 0 Å². The van der Waals surface area contributed by atoms with E-state index in [9.17, 15) is 17.4 Å². The van der Waals surface area contributed by atoms with E-state index in [-0.39, 0.29) is 17.8 Å². The van der Waals surface area contributed by atoms with Crippen LogP contribution in [0.5, 0.6) is 0 Å². The van der Waals surface area contributed by atoms with Crippen LogP contribution < -0.4 is 0 Å². The second-order valence-electron chi connectivity index (χ2n) is 4.06. The second-order valence-corrected chi connectivity index (χ2v) is 5.16. The summed E-state index contributed by atoms with van der Waals surface area (Å²) in [6, 6.07) is 0.342. The Bertz CT molecular complexity index is 342. The summed E-state index contributed by atoms with van der Waals surface area (Å²) in [6.45, 7) is 0. The van der Waals surface area contributed by atoms with Gasteiger partial charge in [-0.2, -0.15) is 13.2 Å². The van der Waals surface area contributed by atoms with Crippen molar-refractivity contribution in [1.82, 2.24) is 4.90 Å². The minimum absolute atomic E-state index is 0.124. The molecule has 16 heavy (non-hydrogen) atoms. The number of alkyl halides is 3. The third-order valence-electron chi connectivity index (χ3n) is 3.08. The molecular weight excluding hydrogens is 243 g/mol. The first-order chi connectivity index (χ1) is 7.38. The van der Waals surface area contributed by atoms with E-state index in [1.165, 1.54) is 0 Å². The molecule has 1 fully saturated rings. The van der Waals surface area contributed by atoms with Crippen molar-refractivity contribution in [2.24, 2.45) is 0 Å². The van der Waals surface area contributed by atoms with E-state index in [2.05, 4.69) is 9.08 Å². The highest BCUT2D eigenvalue weighted by molar-refractivity contribution is 7.81. The summed E-state index contributed by atoms with van der Waals surface area (Å²) in [5, 5.41) is 0. The van der Waals surface area contributed by atoms with E-state index in [1.54, 1.807) is 6.08 Å². The molecule has 3 atom stereocenters. The van der Waals surface area contributed by atoms with E-state index < -0.39 is 16.6 Å². The zero-order chi connectivity index (χ0) is 11.9. The minimum Gasteiger partial charge on any atom is -0.399 e. The lowest BCUT2D eigenvalue weighted by atomic mass is 10.1. The Balaban J connectivity index is 2.03. The number of rotatable bonds is 2. The lowest BCUT2D eigenvalue weighted by molar-refractivity contribution is -0.0459. The maximum atomic E-state index is 12.0. The minimum atomic E-state index is -4.80. The van der Waals surface area contributed by atoms with Crippen LogP contribution in [0.15, 0.2) is 11.8 Å². The van der Waals surface area contributed by atoms with Gasteiger partial charge in [-0.1, -0.05) is 0 Å². The molecule has 7 heteroatoms. The van der Waals surface area contributed by atoms with E-state index in [4.69, 9.17) is 0 Å². The van der Waals surface area contributed by atoms with Gasteiger partial charge in [-0.3, -0.25) is 4.90 Å². The number of hydrogen-bond acceptors (Lipinski definition) is 3. The molecule has 2 rings (SSSR count). The molecular formula is C9H12F3NO2S. The van der Waals surface area contributed by atoms with Crippen LogP contribution in [-0.2, 0) is 15.3 Å². The second kappa shape index (κ2) is 4.03. The Morgan fingerprint density at radius 1 is 1.50 bits per heavy atom. The number of nitrogens with zero attached hydrogens (tertiary/aromatic N) is 1. The fourth-order valence-electron chi connectivity index (χ4n) is 2.21. The molecule has 2 aliphatic heterocycles. The van der Waals surface area contributed by atoms with E-state index in [0.717, 1.165) is 12.8 Å². The molecule has 3 unspecified atom stereocenters. The van der Waals surface area contributed by atoms with Gasteiger partial charge in [0.2, 0.25) is 0 Å². The van der Waals surface area contributed by atoms with Gasteiger partial charge in [0.05, 0.1) is 0 Å². The van der Waals surface area contributed by atoms with Crippen LogP contribution in [0.3, 0.4) is 0 Å². The molecule has 0 aliphatic carbocycles. The highest BCUT2D eigenvalue weighted by Crippen LogP contribution is 2.35. The van der Waals surface area contributed by atoms with E-state index in [1.807, 2.05) is 7.05 Å². The molecule has 1 saturated heterocycles. The fraction of sp³-hybridized carbons (Fsp3) is 0.778. The van der Waals surface area contributed by atoms with E-state index >= 15 is 0 Å². The maximum Gasteiger partial charge on any atom is 0.508 e. The lowest BCUT2D eigenvalue weighted by Gasteiger charge is -2.29. The maximum absolute atomic E-state index is 12.0. The average Bonchev–Trinajstić information content (AvgIpc) is 2.41. The summed E-state index contributed by atoms with van der Waals surface area (Å²) in [5.41, 5.74) is -4.80. The van der Waals surface area contributed by atoms with Crippen LogP contribution in [0.4, 0.5) is 13.2 Å². The predicted octanol–water partition coefficient (Wildman–Crippen LogP) is 1.94. The van der Waals surface area contributed by atoms with Crippen molar-refractivity contribution in [3.05, 3.63) is 11.8 Å². The number of likely N-dealkylation sites (N-methyl/N-ethyl adjacent to an activating group) is 1. The van der Waals surface area contributed by atoms with Crippen molar-refractivity contribution in [2.45, 2.75) is 36.9 Å². The molecule has 2 aliphatic rings. The van der Waals surface area contributed by atoms with Gasteiger partial charge in [-0.15, -0.1) is 0 Å². The normalized spacial score (nSPS) is 32.4. The molecule has 0 aromatic heterocycles. The first kappa shape index (κ1) is 11.9. The highest BCUT2D eigenvalue weighted by atomic mass is 32.2. The van der Waals surface area contributed by atoms with Crippen LogP contribution >= 0.6 is 0 Å². The summed E-state index contributed by atoms with van der Waals surface area (Å²) in [4.78, 5) is 2.11. The van der Waals surface area contributed by atoms with Crippen LogP contribution in [0.2, 0.25) is 0 Å². The summed E-state index contributed by atoms with van der Waals surface area (Å²) in [6.07, 6.45) is 3.93. The van der Waals surface area contributed by atoms with Gasteiger partial charge < -0.3 is 4.18 Å². The molecule has 0 radical (unpaired) electrons. The van der Waals surface area contributed by atoms with Crippen LogP contribution in [-0.4, -0.2) is 33.7 Å². The quantitative estimate of drug-likeness (QED) is 0.755. The van der Waals surface area contributed by atoms with Crippen LogP contribution in [0.1, 0.15) is 19.3 Å². The van der Waals surface area contributed by atoms with Gasteiger partial charge in [-0.25, -0.2) is 4.21 Å². The van der Waals surface area contributed by atoms with Crippen molar-refractivity contribution in [2.75, 3.05) is 7.05 Å². The Morgan fingerprint density at radius 3 is 2.75 bits per heavy atom. The van der Waals surface area contributed by atoms with Gasteiger partial charge in [0.25, 0.3) is 0 Å². The van der Waals surface area contributed by atoms with Gasteiger partial charge in [-0.05, 0) is 26.0 Å². The zero-order valence-corrected chi connectivity index (χ0v) is 9.48. The SMILES string of the molecule is CN1C2C=C(OS(=O)C(F)(F)F)CC1CC2. The Hall–Kier alpha value is -0.560. The summed E-state index contributed by atoms with van der Waals surface area (Å²) >= 11 is -3.24. The molecule has 0 aromatic carbocycles. The molecule has 0 N–H and O–H groups in total. The molecule has 0 amide bonds. The van der Waals surface area contributed by atoms with Gasteiger partial charge in [0.15, 0.2) is 0 Å². The first-order valence-corrected chi connectivity index (χ1v) is 6.05. The van der Waals surface area contributed by atoms with Crippen molar-refractivity contribution >= 4 is 11.1 Å². The van der Waals surface area contributed by atoms with Crippen LogP contribution in [0, 0.1) is 0 Å². The van der Waals surface area contributed by atoms with Gasteiger partial charge in [0.1, 0.15) is 5.76 Å². The molecule has 2 bridgehead atoms. The molecule has 2 heterocycles. The predicted molar refractivity (Wildman–Crippen MR) is 52.6 cm³/mol. The number of fused-ring (bicyclic) bond motifs is 2. The Morgan fingerprint density at radius 2 is 2.19 bits per heavy atom. The van der Waals surface area contributed by atoms with Crippen molar-refractivity contribution < 1.29 is 21.6 Å². The van der Waals surface area contributed by atoms with Gasteiger partial charge >= 0.3 is 16.6 Å². The average molecular weight is 255 g/mol. The monoisotopic (exact) mass is 255 g/mol. The summed E-state index contributed by atoms with van der Waals surface area (Å²) < 4.78 is 51.3. The third kappa shape index (κ3) is 2.24. The highest BCUT2D eigenvalue weighted by Gasteiger charge is 2.42. The molecule has 0 aromatic rings. The molecule has 0 saturated carbocycles. The van der Waals surface area contributed by atoms with Crippen molar-refractivity contribution in [1.29, 1.82) is 0 Å². The zero-order valence-electron chi connectivity index (χ0n) is 8.66. The van der Waals surface area contributed by atoms with Crippen molar-refractivity contribution in [3.63, 3.8) is 0 Å². The van der Waals surface area contributed by atoms with Gasteiger partial charge in [0, 0.05) is 18.5 Å². The third-order valence-corrected chi connectivity index (χ3v) is 3.82. The Kier molecular flexibility index (Phi) is 3.00. The summed E-state index contributed by atoms with van der Waals surface area (Å²) in [5.74, 6) is 0.209. The largest absolute Gasteiger partial charge is 0.508 e. The first-order valence-electron chi connectivity index (χ1n) is 4.97. The Labute approximate surface area is 93.9 Å². The number of hydrogen-bond donors (Lipinski definition) is 0.